The van der Waals surface area contributed by atoms with Crippen LogP contribution in [0.15, 0.2) is 59.6 Å². The molecule has 2 heterocycles. The van der Waals surface area contributed by atoms with Crippen LogP contribution < -0.4 is 15.7 Å². The Bertz CT molecular complexity index is 964. The number of carbonyl (C=O) groups is 1. The molecule has 1 amide bonds. The first-order valence-electron chi connectivity index (χ1n) is 7.80. The minimum atomic E-state index is -0.358. The summed E-state index contributed by atoms with van der Waals surface area (Å²) in [5, 5.41) is 4.36. The number of amides is 1. The second-order valence-electron chi connectivity index (χ2n) is 5.46. The highest BCUT2D eigenvalue weighted by Gasteiger charge is 2.15. The van der Waals surface area contributed by atoms with Crippen molar-refractivity contribution in [3.05, 3.63) is 60.2 Å². The fourth-order valence-electron chi connectivity index (χ4n) is 2.76. The van der Waals surface area contributed by atoms with E-state index >= 15 is 0 Å². The van der Waals surface area contributed by atoms with Crippen LogP contribution in [0.3, 0.4) is 0 Å². The predicted octanol–water partition coefficient (Wildman–Crippen LogP) is 1.97. The molecular weight excluding hydrogens is 304 g/mol. The van der Waals surface area contributed by atoms with Crippen molar-refractivity contribution in [2.24, 2.45) is 4.99 Å². The van der Waals surface area contributed by atoms with Crippen molar-refractivity contribution in [3.63, 3.8) is 0 Å². The quantitative estimate of drug-likeness (QED) is 0.801. The summed E-state index contributed by atoms with van der Waals surface area (Å²) in [6.45, 7) is 1.42. The highest BCUT2D eigenvalue weighted by atomic mass is 16.5. The van der Waals surface area contributed by atoms with E-state index in [1.165, 1.54) is 0 Å². The number of hydrogen-bond donors (Lipinski definition) is 1. The number of rotatable bonds is 3. The van der Waals surface area contributed by atoms with E-state index in [0.717, 1.165) is 29.8 Å². The van der Waals surface area contributed by atoms with E-state index in [0.29, 0.717) is 11.4 Å². The fourth-order valence-corrected chi connectivity index (χ4v) is 2.76. The molecule has 120 valence electrons. The van der Waals surface area contributed by atoms with Gasteiger partial charge in [-0.1, -0.05) is 30.3 Å². The fraction of sp³-hybridized carbons (Fsp3) is 0.167. The number of nitrogens with one attached hydrogen (secondary N) is 1. The normalized spacial score (nSPS) is 13.6. The van der Waals surface area contributed by atoms with Crippen molar-refractivity contribution in [1.82, 2.24) is 9.55 Å². The van der Waals surface area contributed by atoms with Crippen LogP contribution in [0.5, 0.6) is 5.75 Å². The Morgan fingerprint density at radius 2 is 1.96 bits per heavy atom. The molecule has 2 aromatic carbocycles. The topological polar surface area (TPSA) is 68.5 Å². The molecule has 0 bridgehead atoms. The highest BCUT2D eigenvalue weighted by molar-refractivity contribution is 5.89. The number of aromatic nitrogens is 2. The summed E-state index contributed by atoms with van der Waals surface area (Å²) < 4.78 is 7.38. The van der Waals surface area contributed by atoms with Crippen LogP contribution in [0.25, 0.3) is 10.9 Å². The van der Waals surface area contributed by atoms with Crippen LogP contribution in [0.2, 0.25) is 0 Å². The molecule has 0 atom stereocenters. The number of nitrogens with zero attached hydrogens (tertiary/aromatic N) is 3. The Labute approximate surface area is 138 Å². The molecule has 4 rings (SSSR count). The van der Waals surface area contributed by atoms with Gasteiger partial charge in [0.15, 0.2) is 6.61 Å². The maximum Gasteiger partial charge on any atom is 0.286 e. The minimum Gasteiger partial charge on any atom is -0.484 e. The highest BCUT2D eigenvalue weighted by Crippen LogP contribution is 2.22. The molecule has 0 spiro atoms. The lowest BCUT2D eigenvalue weighted by Crippen LogP contribution is -2.26. The van der Waals surface area contributed by atoms with Gasteiger partial charge in [0.2, 0.25) is 5.62 Å². The number of anilines is 1. The molecule has 1 aliphatic rings. The second-order valence-corrected chi connectivity index (χ2v) is 5.46. The molecule has 3 aromatic rings. The lowest BCUT2D eigenvalue weighted by molar-refractivity contribution is -0.120. The zero-order valence-corrected chi connectivity index (χ0v) is 13.0. The lowest BCUT2D eigenvalue weighted by atomic mass is 10.2. The maximum atomic E-state index is 12.2. The van der Waals surface area contributed by atoms with Crippen molar-refractivity contribution >= 4 is 22.6 Å². The summed E-state index contributed by atoms with van der Waals surface area (Å²) in [6, 6.07) is 17.0. The van der Waals surface area contributed by atoms with E-state index in [2.05, 4.69) is 15.3 Å². The Kier molecular flexibility index (Phi) is 3.70. The van der Waals surface area contributed by atoms with E-state index in [4.69, 9.17) is 4.74 Å². The number of hydrogen-bond acceptors (Lipinski definition) is 4. The van der Waals surface area contributed by atoms with E-state index in [9.17, 15) is 4.79 Å². The summed E-state index contributed by atoms with van der Waals surface area (Å²) in [5.41, 5.74) is 1.23. The molecule has 0 saturated heterocycles. The molecule has 0 unspecified atom stereocenters. The molecule has 0 saturated carbocycles. The number of para-hydroxylation sites is 2. The van der Waals surface area contributed by atoms with E-state index in [-0.39, 0.29) is 12.5 Å². The SMILES string of the molecule is O=C(COc1ccccc1)N=c1nc2ccccc2c2n1CCN2. The van der Waals surface area contributed by atoms with Gasteiger partial charge in [0, 0.05) is 18.5 Å². The van der Waals surface area contributed by atoms with Gasteiger partial charge in [0.05, 0.1) is 5.52 Å². The van der Waals surface area contributed by atoms with Gasteiger partial charge >= 0.3 is 0 Å². The zero-order chi connectivity index (χ0) is 16.4. The summed E-state index contributed by atoms with van der Waals surface area (Å²) in [6.07, 6.45) is 0. The summed E-state index contributed by atoms with van der Waals surface area (Å²) in [7, 11) is 0. The first-order chi connectivity index (χ1) is 11.8. The largest absolute Gasteiger partial charge is 0.484 e. The molecule has 6 heteroatoms. The van der Waals surface area contributed by atoms with Crippen LogP contribution in [0, 0.1) is 0 Å². The number of ether oxygens (including phenoxy) is 1. The van der Waals surface area contributed by atoms with Gasteiger partial charge < -0.3 is 10.1 Å². The molecular formula is C18H16N4O2. The van der Waals surface area contributed by atoms with Gasteiger partial charge in [-0.3, -0.25) is 9.36 Å². The Morgan fingerprint density at radius 1 is 1.17 bits per heavy atom. The number of fused-ring (bicyclic) bond motifs is 3. The van der Waals surface area contributed by atoms with Crippen LogP contribution in [-0.2, 0) is 11.3 Å². The van der Waals surface area contributed by atoms with Crippen molar-refractivity contribution in [3.8, 4) is 5.75 Å². The lowest BCUT2D eigenvalue weighted by Gasteiger charge is -2.08. The van der Waals surface area contributed by atoms with Crippen LogP contribution >= 0.6 is 0 Å². The van der Waals surface area contributed by atoms with Crippen LogP contribution in [0.1, 0.15) is 0 Å². The van der Waals surface area contributed by atoms with Gasteiger partial charge in [-0.05, 0) is 24.3 Å². The third-order valence-corrected chi connectivity index (χ3v) is 3.85. The molecule has 1 aliphatic heterocycles. The van der Waals surface area contributed by atoms with Gasteiger partial charge in [-0.25, -0.2) is 4.98 Å². The van der Waals surface area contributed by atoms with Crippen molar-refractivity contribution in [2.75, 3.05) is 18.5 Å². The number of carbonyl (C=O) groups excluding carboxylic acids is 1. The minimum absolute atomic E-state index is 0.110. The van der Waals surface area contributed by atoms with E-state index in [1.807, 2.05) is 47.0 Å². The summed E-state index contributed by atoms with van der Waals surface area (Å²) in [5.74, 6) is 1.24. The predicted molar refractivity (Wildman–Crippen MR) is 90.7 cm³/mol. The van der Waals surface area contributed by atoms with Crippen molar-refractivity contribution in [2.45, 2.75) is 6.54 Å². The van der Waals surface area contributed by atoms with Crippen molar-refractivity contribution in [1.29, 1.82) is 0 Å². The van der Waals surface area contributed by atoms with Gasteiger partial charge in [-0.2, -0.15) is 4.99 Å². The van der Waals surface area contributed by atoms with E-state index in [1.54, 1.807) is 12.1 Å². The number of benzene rings is 2. The third kappa shape index (κ3) is 2.74. The molecule has 1 N–H and O–H groups in total. The molecule has 6 nitrogen and oxygen atoms in total. The molecule has 24 heavy (non-hydrogen) atoms. The molecule has 0 fully saturated rings. The van der Waals surface area contributed by atoms with Gasteiger partial charge in [0.1, 0.15) is 11.6 Å². The first-order valence-corrected chi connectivity index (χ1v) is 7.80. The van der Waals surface area contributed by atoms with Gasteiger partial charge in [0.25, 0.3) is 5.91 Å². The Hall–Kier alpha value is -3.15. The smallest absolute Gasteiger partial charge is 0.286 e. The zero-order valence-electron chi connectivity index (χ0n) is 13.0. The standard InChI is InChI=1S/C18H16N4O2/c23-16(12-24-13-6-2-1-3-7-13)21-18-20-15-9-5-4-8-14(15)17-19-10-11-22(17)18/h1-9,19H,10-12H2. The van der Waals surface area contributed by atoms with Crippen LogP contribution in [-0.4, -0.2) is 28.6 Å². The Morgan fingerprint density at radius 3 is 2.83 bits per heavy atom. The molecule has 1 aromatic heterocycles. The van der Waals surface area contributed by atoms with E-state index < -0.39 is 0 Å². The van der Waals surface area contributed by atoms with Gasteiger partial charge in [-0.15, -0.1) is 0 Å². The summed E-state index contributed by atoms with van der Waals surface area (Å²) >= 11 is 0. The average Bonchev–Trinajstić information content (AvgIpc) is 3.11. The molecule has 0 radical (unpaired) electrons. The average molecular weight is 320 g/mol. The van der Waals surface area contributed by atoms with Crippen LogP contribution in [0.4, 0.5) is 5.82 Å². The second kappa shape index (κ2) is 6.16. The monoisotopic (exact) mass is 320 g/mol. The summed E-state index contributed by atoms with van der Waals surface area (Å²) in [4.78, 5) is 20.8. The Balaban J connectivity index is 1.66. The molecule has 0 aliphatic carbocycles. The first kappa shape index (κ1) is 14.4. The maximum absolute atomic E-state index is 12.2. The third-order valence-electron chi connectivity index (χ3n) is 3.85. The van der Waals surface area contributed by atoms with Crippen molar-refractivity contribution < 1.29 is 9.53 Å².